The second kappa shape index (κ2) is 7.88. The maximum atomic E-state index is 5.91. The molecule has 0 heterocycles. The minimum Gasteiger partial charge on any atom is -0.150 e. The molecular formula is C14H14Cl4Si2. The fourth-order valence-corrected chi connectivity index (χ4v) is 5.42. The highest BCUT2D eigenvalue weighted by Crippen LogP contribution is 2.22. The predicted molar refractivity (Wildman–Crippen MR) is 97.0 cm³/mol. The van der Waals surface area contributed by atoms with Crippen LogP contribution in [0.25, 0.3) is 11.1 Å². The molecule has 2 aromatic carbocycles. The second-order valence-electron chi connectivity index (χ2n) is 4.58. The van der Waals surface area contributed by atoms with E-state index in [0.717, 1.165) is 12.1 Å². The summed E-state index contributed by atoms with van der Waals surface area (Å²) >= 11 is 23.7. The quantitative estimate of drug-likeness (QED) is 0.511. The Bertz CT molecular complexity index is 487. The first-order valence-electron chi connectivity index (χ1n) is 6.29. The Balaban J connectivity index is 2.11. The Labute approximate surface area is 141 Å². The highest BCUT2D eigenvalue weighted by atomic mass is 35.7. The van der Waals surface area contributed by atoms with Gasteiger partial charge < -0.3 is 0 Å². The molecule has 0 aliphatic rings. The first kappa shape index (κ1) is 16.4. The molecule has 0 unspecified atom stereocenters. The van der Waals surface area contributed by atoms with E-state index in [1.54, 1.807) is 0 Å². The largest absolute Gasteiger partial charge is 0.241 e. The molecule has 0 aliphatic heterocycles. The molecule has 0 aliphatic carbocycles. The van der Waals surface area contributed by atoms with Crippen LogP contribution in [0.4, 0.5) is 0 Å². The van der Waals surface area contributed by atoms with Crippen molar-refractivity contribution in [1.82, 2.24) is 0 Å². The van der Waals surface area contributed by atoms with Gasteiger partial charge in [-0.3, -0.25) is 0 Å². The third kappa shape index (κ3) is 5.10. The van der Waals surface area contributed by atoms with E-state index in [1.165, 1.54) is 22.3 Å². The predicted octanol–water partition coefficient (Wildman–Crippen LogP) is 4.91. The number of benzene rings is 2. The van der Waals surface area contributed by atoms with Gasteiger partial charge in [-0.05, 0) is 34.3 Å². The summed E-state index contributed by atoms with van der Waals surface area (Å²) in [4.78, 5) is 0. The smallest absolute Gasteiger partial charge is 0.150 e. The number of halogens is 4. The van der Waals surface area contributed by atoms with Crippen molar-refractivity contribution in [2.75, 3.05) is 0 Å². The van der Waals surface area contributed by atoms with Crippen molar-refractivity contribution in [1.29, 1.82) is 0 Å². The van der Waals surface area contributed by atoms with Gasteiger partial charge in [0, 0.05) is 0 Å². The first-order chi connectivity index (χ1) is 9.54. The summed E-state index contributed by atoms with van der Waals surface area (Å²) < 4.78 is 0. The van der Waals surface area contributed by atoms with Crippen LogP contribution in [0.1, 0.15) is 11.1 Å². The monoisotopic (exact) mass is 378 g/mol. The van der Waals surface area contributed by atoms with Crippen LogP contribution in [-0.2, 0) is 12.1 Å². The van der Waals surface area contributed by atoms with Gasteiger partial charge >= 0.3 is 0 Å². The van der Waals surface area contributed by atoms with Gasteiger partial charge in [-0.25, -0.2) is 0 Å². The molecule has 0 atom stereocenters. The average molecular weight is 380 g/mol. The maximum absolute atomic E-state index is 5.91. The zero-order valence-electron chi connectivity index (χ0n) is 10.7. The van der Waals surface area contributed by atoms with Crippen LogP contribution >= 0.6 is 44.3 Å². The van der Waals surface area contributed by atoms with E-state index < -0.39 is 14.8 Å². The lowest BCUT2D eigenvalue weighted by atomic mass is 10.0. The van der Waals surface area contributed by atoms with E-state index in [4.69, 9.17) is 44.3 Å². The summed E-state index contributed by atoms with van der Waals surface area (Å²) in [7, 11) is -3.17. The zero-order valence-corrected chi connectivity index (χ0v) is 16.0. The molecule has 0 spiro atoms. The summed E-state index contributed by atoms with van der Waals surface area (Å²) in [6.45, 7) is 0. The van der Waals surface area contributed by atoms with Crippen LogP contribution in [-0.4, -0.2) is 14.8 Å². The Morgan fingerprint density at radius 1 is 0.550 bits per heavy atom. The Morgan fingerprint density at radius 2 is 0.850 bits per heavy atom. The van der Waals surface area contributed by atoms with E-state index in [1.807, 2.05) is 0 Å². The van der Waals surface area contributed by atoms with Gasteiger partial charge in [-0.1, -0.05) is 48.5 Å². The molecule has 6 heteroatoms. The summed E-state index contributed by atoms with van der Waals surface area (Å²) in [5, 5.41) is 0. The summed E-state index contributed by atoms with van der Waals surface area (Å²) in [6.07, 6.45) is 0. The van der Waals surface area contributed by atoms with Gasteiger partial charge in [0.05, 0.1) is 0 Å². The highest BCUT2D eigenvalue weighted by Gasteiger charge is 2.06. The molecule has 0 nitrogen and oxygen atoms in total. The van der Waals surface area contributed by atoms with Gasteiger partial charge in [-0.2, -0.15) is 0 Å². The van der Waals surface area contributed by atoms with E-state index in [2.05, 4.69) is 48.5 Å². The molecule has 2 aromatic rings. The Kier molecular flexibility index (Phi) is 6.46. The third-order valence-electron chi connectivity index (χ3n) is 3.02. The molecule has 20 heavy (non-hydrogen) atoms. The Hall–Kier alpha value is 0.0338. The van der Waals surface area contributed by atoms with E-state index in [0.29, 0.717) is 0 Å². The summed E-state index contributed by atoms with van der Waals surface area (Å²) in [6, 6.07) is 18.4. The van der Waals surface area contributed by atoms with Crippen LogP contribution in [0.5, 0.6) is 0 Å². The number of rotatable bonds is 5. The second-order valence-corrected chi connectivity index (χ2v) is 14.6. The van der Waals surface area contributed by atoms with Gasteiger partial charge in [0.2, 0.25) is 14.8 Å². The van der Waals surface area contributed by atoms with Crippen molar-refractivity contribution < 1.29 is 0 Å². The molecule has 0 fully saturated rings. The summed E-state index contributed by atoms with van der Waals surface area (Å²) in [5.74, 6) is 0. The van der Waals surface area contributed by atoms with Crippen molar-refractivity contribution in [3.63, 3.8) is 0 Å². The molecule has 0 bridgehead atoms. The van der Waals surface area contributed by atoms with Crippen LogP contribution < -0.4 is 0 Å². The average Bonchev–Trinajstić information content (AvgIpc) is 2.39. The number of hydrogen-bond acceptors (Lipinski definition) is 0. The van der Waals surface area contributed by atoms with E-state index in [-0.39, 0.29) is 0 Å². The van der Waals surface area contributed by atoms with Crippen molar-refractivity contribution in [3.8, 4) is 11.1 Å². The lowest BCUT2D eigenvalue weighted by molar-refractivity contribution is 1.38. The van der Waals surface area contributed by atoms with Crippen LogP contribution in [0.2, 0.25) is 0 Å². The van der Waals surface area contributed by atoms with Crippen LogP contribution in [0.3, 0.4) is 0 Å². The fourth-order valence-electron chi connectivity index (χ4n) is 2.02. The van der Waals surface area contributed by atoms with Crippen molar-refractivity contribution >= 4 is 59.1 Å². The Morgan fingerprint density at radius 3 is 1.10 bits per heavy atom. The molecule has 0 radical (unpaired) electrons. The molecule has 0 saturated carbocycles. The molecule has 2 rings (SSSR count). The van der Waals surface area contributed by atoms with Crippen LogP contribution in [0.15, 0.2) is 48.5 Å². The summed E-state index contributed by atoms with van der Waals surface area (Å²) in [5.41, 5.74) is 4.77. The first-order valence-corrected chi connectivity index (χ1v) is 14.9. The minimum absolute atomic E-state index is 0.805. The van der Waals surface area contributed by atoms with Gasteiger partial charge in [0.25, 0.3) is 0 Å². The van der Waals surface area contributed by atoms with Crippen molar-refractivity contribution in [2.45, 2.75) is 12.1 Å². The van der Waals surface area contributed by atoms with Crippen LogP contribution in [0, 0.1) is 0 Å². The van der Waals surface area contributed by atoms with Gasteiger partial charge in [-0.15, -0.1) is 44.3 Å². The zero-order chi connectivity index (χ0) is 14.5. The normalized spacial score (nSPS) is 11.3. The van der Waals surface area contributed by atoms with E-state index >= 15 is 0 Å². The third-order valence-corrected chi connectivity index (χ3v) is 6.43. The van der Waals surface area contributed by atoms with Gasteiger partial charge in [0.1, 0.15) is 0 Å². The van der Waals surface area contributed by atoms with Crippen molar-refractivity contribution in [3.05, 3.63) is 59.7 Å². The maximum Gasteiger partial charge on any atom is 0.241 e. The topological polar surface area (TPSA) is 0 Å². The molecule has 106 valence electrons. The molecular weight excluding hydrogens is 366 g/mol. The number of hydrogen-bond donors (Lipinski definition) is 0. The standard InChI is InChI=1S/C14H14Cl4Si2/c15-19(16)9-11-1-5-13(6-2-11)14-7-3-12(4-8-14)10-20(17)18/h1-8,19-20H,9-10H2. The van der Waals surface area contributed by atoms with Gasteiger partial charge in [0.15, 0.2) is 0 Å². The lowest BCUT2D eigenvalue weighted by Crippen LogP contribution is -1.99. The SMILES string of the molecule is Cl[SiH](Cl)Cc1ccc(-c2ccc(C[SiH](Cl)Cl)cc2)cc1. The molecule has 0 saturated heterocycles. The fraction of sp³-hybridized carbons (Fsp3) is 0.143. The molecule has 0 aromatic heterocycles. The molecule has 0 amide bonds. The van der Waals surface area contributed by atoms with E-state index in [9.17, 15) is 0 Å². The minimum atomic E-state index is -1.58. The van der Waals surface area contributed by atoms with Crippen molar-refractivity contribution in [2.24, 2.45) is 0 Å². The molecule has 0 N–H and O–H groups in total. The lowest BCUT2D eigenvalue weighted by Gasteiger charge is -2.06. The highest BCUT2D eigenvalue weighted by molar-refractivity contribution is 7.33.